The highest BCUT2D eigenvalue weighted by Gasteiger charge is 2.07. The maximum Gasteiger partial charge on any atom is 0.131 e. The fourth-order valence-electron chi connectivity index (χ4n) is 1.47. The summed E-state index contributed by atoms with van der Waals surface area (Å²) in [5.74, 6) is -0.186. The molecule has 1 aromatic heterocycles. The van der Waals surface area contributed by atoms with E-state index in [1.807, 2.05) is 25.1 Å². The molecular weight excluding hydrogens is 245 g/mol. The van der Waals surface area contributed by atoms with Crippen molar-refractivity contribution in [3.8, 4) is 10.4 Å². The van der Waals surface area contributed by atoms with Gasteiger partial charge in [0, 0.05) is 21.9 Å². The Morgan fingerprint density at radius 1 is 1.25 bits per heavy atom. The Labute approximate surface area is 105 Å². The van der Waals surface area contributed by atoms with Gasteiger partial charge in [-0.05, 0) is 36.8 Å². The molecule has 2 N–H and O–H groups in total. The first-order valence-electron chi connectivity index (χ1n) is 4.76. The molecule has 86 valence electrons. The van der Waals surface area contributed by atoms with Gasteiger partial charge < -0.3 is 5.73 Å². The maximum absolute atomic E-state index is 13.6. The molecule has 0 aliphatic heterocycles. The molecule has 2 aromatic rings. The minimum Gasteiger partial charge on any atom is -0.326 e. The van der Waals surface area contributed by atoms with E-state index in [1.165, 1.54) is 10.9 Å². The second-order valence-electron chi connectivity index (χ2n) is 3.43. The Bertz CT molecular complexity index is 482. The third-order valence-electron chi connectivity index (χ3n) is 2.27. The van der Waals surface area contributed by atoms with Crippen molar-refractivity contribution >= 4 is 23.7 Å². The van der Waals surface area contributed by atoms with Crippen LogP contribution in [0.15, 0.2) is 30.3 Å². The van der Waals surface area contributed by atoms with Crippen LogP contribution in [0.3, 0.4) is 0 Å². The highest BCUT2D eigenvalue weighted by atomic mass is 35.5. The van der Waals surface area contributed by atoms with Gasteiger partial charge in [-0.15, -0.1) is 23.7 Å². The number of nitrogens with two attached hydrogens (primary N) is 1. The minimum absolute atomic E-state index is 0. The first-order valence-corrected chi connectivity index (χ1v) is 5.57. The van der Waals surface area contributed by atoms with E-state index in [2.05, 4.69) is 0 Å². The summed E-state index contributed by atoms with van der Waals surface area (Å²) >= 11 is 1.59. The number of aryl methyl sites for hydroxylation is 1. The zero-order chi connectivity index (χ0) is 10.8. The van der Waals surface area contributed by atoms with Crippen molar-refractivity contribution in [2.24, 2.45) is 5.73 Å². The standard InChI is InChI=1S/C12H12FNS.ClH/c1-8-2-5-12(15-8)10-6-9(7-14)3-4-11(10)13;/h2-6H,7,14H2,1H3;1H. The second kappa shape index (κ2) is 5.43. The zero-order valence-corrected chi connectivity index (χ0v) is 10.5. The summed E-state index contributed by atoms with van der Waals surface area (Å²) in [6.45, 7) is 2.45. The number of hydrogen-bond acceptors (Lipinski definition) is 2. The predicted octanol–water partition coefficient (Wildman–Crippen LogP) is 3.74. The van der Waals surface area contributed by atoms with Crippen LogP contribution in [0.25, 0.3) is 10.4 Å². The minimum atomic E-state index is -0.186. The average molecular weight is 258 g/mol. The molecule has 4 heteroatoms. The van der Waals surface area contributed by atoms with Crippen molar-refractivity contribution < 1.29 is 4.39 Å². The van der Waals surface area contributed by atoms with Crippen LogP contribution >= 0.6 is 23.7 Å². The third kappa shape index (κ3) is 2.61. The molecule has 1 aromatic carbocycles. The largest absolute Gasteiger partial charge is 0.326 e. The van der Waals surface area contributed by atoms with E-state index < -0.39 is 0 Å². The lowest BCUT2D eigenvalue weighted by molar-refractivity contribution is 0.631. The summed E-state index contributed by atoms with van der Waals surface area (Å²) in [4.78, 5) is 2.14. The highest BCUT2D eigenvalue weighted by molar-refractivity contribution is 7.15. The van der Waals surface area contributed by atoms with E-state index >= 15 is 0 Å². The lowest BCUT2D eigenvalue weighted by atomic mass is 10.1. The molecule has 0 aliphatic carbocycles. The summed E-state index contributed by atoms with van der Waals surface area (Å²) in [5.41, 5.74) is 7.14. The normalized spacial score (nSPS) is 9.94. The molecule has 0 bridgehead atoms. The van der Waals surface area contributed by atoms with Crippen LogP contribution in [-0.2, 0) is 6.54 Å². The quantitative estimate of drug-likeness (QED) is 0.871. The molecule has 1 nitrogen and oxygen atoms in total. The van der Waals surface area contributed by atoms with Gasteiger partial charge in [0.15, 0.2) is 0 Å². The summed E-state index contributed by atoms with van der Waals surface area (Å²) in [6.07, 6.45) is 0. The van der Waals surface area contributed by atoms with E-state index in [0.29, 0.717) is 12.1 Å². The fraction of sp³-hybridized carbons (Fsp3) is 0.167. The molecule has 16 heavy (non-hydrogen) atoms. The maximum atomic E-state index is 13.6. The van der Waals surface area contributed by atoms with Crippen molar-refractivity contribution in [3.63, 3.8) is 0 Å². The number of halogens is 2. The molecule has 0 aliphatic rings. The van der Waals surface area contributed by atoms with Crippen LogP contribution < -0.4 is 5.73 Å². The summed E-state index contributed by atoms with van der Waals surface area (Å²) < 4.78 is 13.6. The number of thiophene rings is 1. The molecule has 1 heterocycles. The molecule has 0 radical (unpaired) electrons. The fourth-order valence-corrected chi connectivity index (χ4v) is 2.35. The van der Waals surface area contributed by atoms with Gasteiger partial charge in [-0.25, -0.2) is 4.39 Å². The molecule has 0 unspecified atom stereocenters. The van der Waals surface area contributed by atoms with Gasteiger partial charge in [-0.1, -0.05) is 6.07 Å². The first kappa shape index (κ1) is 13.2. The van der Waals surface area contributed by atoms with Crippen molar-refractivity contribution in [1.29, 1.82) is 0 Å². The van der Waals surface area contributed by atoms with E-state index in [0.717, 1.165) is 10.4 Å². The second-order valence-corrected chi connectivity index (χ2v) is 4.72. The van der Waals surface area contributed by atoms with Crippen molar-refractivity contribution in [3.05, 3.63) is 46.6 Å². The van der Waals surface area contributed by atoms with Gasteiger partial charge in [-0.3, -0.25) is 0 Å². The molecule has 0 amide bonds. The molecule has 0 spiro atoms. The summed E-state index contributed by atoms with van der Waals surface area (Å²) in [5, 5.41) is 0. The number of benzene rings is 1. The highest BCUT2D eigenvalue weighted by Crippen LogP contribution is 2.30. The molecule has 0 saturated heterocycles. The van der Waals surface area contributed by atoms with Crippen LogP contribution in [0.4, 0.5) is 4.39 Å². The average Bonchev–Trinajstić information content (AvgIpc) is 2.65. The Balaban J connectivity index is 0.00000128. The topological polar surface area (TPSA) is 26.0 Å². The SMILES string of the molecule is Cc1ccc(-c2cc(CN)ccc2F)s1.Cl. The van der Waals surface area contributed by atoms with E-state index in [-0.39, 0.29) is 18.2 Å². The first-order chi connectivity index (χ1) is 7.20. The Kier molecular flexibility index (Phi) is 4.47. The van der Waals surface area contributed by atoms with E-state index in [1.54, 1.807) is 17.4 Å². The molecule has 0 saturated carbocycles. The molecule has 2 rings (SSSR count). The Morgan fingerprint density at radius 3 is 2.56 bits per heavy atom. The van der Waals surface area contributed by atoms with E-state index in [4.69, 9.17) is 5.73 Å². The third-order valence-corrected chi connectivity index (χ3v) is 3.31. The van der Waals surface area contributed by atoms with Gasteiger partial charge >= 0.3 is 0 Å². The Hall–Kier alpha value is -0.900. The van der Waals surface area contributed by atoms with Gasteiger partial charge in [0.1, 0.15) is 5.82 Å². The monoisotopic (exact) mass is 257 g/mol. The predicted molar refractivity (Wildman–Crippen MR) is 69.6 cm³/mol. The smallest absolute Gasteiger partial charge is 0.131 e. The molecule has 0 atom stereocenters. The van der Waals surface area contributed by atoms with Crippen molar-refractivity contribution in [2.45, 2.75) is 13.5 Å². The van der Waals surface area contributed by atoms with Crippen LogP contribution in [0.5, 0.6) is 0 Å². The van der Waals surface area contributed by atoms with Crippen LogP contribution in [0, 0.1) is 12.7 Å². The molecular formula is C12H13ClFNS. The number of hydrogen-bond donors (Lipinski definition) is 1. The van der Waals surface area contributed by atoms with Crippen molar-refractivity contribution in [2.75, 3.05) is 0 Å². The van der Waals surface area contributed by atoms with Crippen LogP contribution in [0.2, 0.25) is 0 Å². The van der Waals surface area contributed by atoms with Gasteiger partial charge in [0.25, 0.3) is 0 Å². The number of rotatable bonds is 2. The lowest BCUT2D eigenvalue weighted by Crippen LogP contribution is -1.96. The Morgan fingerprint density at radius 2 is 2.00 bits per heavy atom. The molecule has 0 fully saturated rings. The van der Waals surface area contributed by atoms with Gasteiger partial charge in [0.2, 0.25) is 0 Å². The summed E-state index contributed by atoms with van der Waals surface area (Å²) in [6, 6.07) is 8.96. The lowest BCUT2D eigenvalue weighted by Gasteiger charge is -2.03. The van der Waals surface area contributed by atoms with Gasteiger partial charge in [0.05, 0.1) is 0 Å². The zero-order valence-electron chi connectivity index (χ0n) is 8.87. The van der Waals surface area contributed by atoms with Crippen LogP contribution in [-0.4, -0.2) is 0 Å². The van der Waals surface area contributed by atoms with Crippen LogP contribution in [0.1, 0.15) is 10.4 Å². The van der Waals surface area contributed by atoms with Crippen molar-refractivity contribution in [1.82, 2.24) is 0 Å². The van der Waals surface area contributed by atoms with Gasteiger partial charge in [-0.2, -0.15) is 0 Å². The summed E-state index contributed by atoms with van der Waals surface area (Å²) in [7, 11) is 0. The van der Waals surface area contributed by atoms with E-state index in [9.17, 15) is 4.39 Å².